The van der Waals surface area contributed by atoms with Crippen molar-refractivity contribution in [2.24, 2.45) is 0 Å². The molecule has 0 amide bonds. The summed E-state index contributed by atoms with van der Waals surface area (Å²) in [5.74, 6) is 0. The normalized spacial score (nSPS) is 10.6. The highest BCUT2D eigenvalue weighted by molar-refractivity contribution is 5.85. The zero-order valence-corrected chi connectivity index (χ0v) is 8.40. The summed E-state index contributed by atoms with van der Waals surface area (Å²) in [6.07, 6.45) is 0. The zero-order chi connectivity index (χ0) is 9.80. The molecule has 0 spiro atoms. The van der Waals surface area contributed by atoms with Crippen LogP contribution in [0.1, 0.15) is 12.5 Å². The summed E-state index contributed by atoms with van der Waals surface area (Å²) in [6.45, 7) is 3.80. The largest absolute Gasteiger partial charge is 0.237 e. The van der Waals surface area contributed by atoms with Gasteiger partial charge in [0.05, 0.1) is 0 Å². The zero-order valence-electron chi connectivity index (χ0n) is 8.40. The molecular formula is C13H14N. The van der Waals surface area contributed by atoms with Gasteiger partial charge in [-0.2, -0.15) is 0 Å². The highest BCUT2D eigenvalue weighted by Crippen LogP contribution is 2.18. The lowest BCUT2D eigenvalue weighted by Gasteiger charge is -2.05. The van der Waals surface area contributed by atoms with E-state index in [1.165, 1.54) is 16.3 Å². The quantitative estimate of drug-likeness (QED) is 0.696. The number of nitrogens with zero attached hydrogens (tertiary/aromatic N) is 1. The lowest BCUT2D eigenvalue weighted by Crippen LogP contribution is -2.03. The Morgan fingerprint density at radius 2 is 1.79 bits per heavy atom. The van der Waals surface area contributed by atoms with Crippen LogP contribution in [-0.2, 0) is 6.54 Å². The van der Waals surface area contributed by atoms with Crippen LogP contribution in [0.2, 0.25) is 0 Å². The molecule has 14 heavy (non-hydrogen) atoms. The third kappa shape index (κ3) is 1.78. The Balaban J connectivity index is 2.43. The van der Waals surface area contributed by atoms with Gasteiger partial charge in [-0.3, -0.25) is 0 Å². The van der Waals surface area contributed by atoms with Gasteiger partial charge in [0.15, 0.2) is 0 Å². The summed E-state index contributed by atoms with van der Waals surface area (Å²) in [6, 6.07) is 14.9. The van der Waals surface area contributed by atoms with Crippen molar-refractivity contribution in [3.63, 3.8) is 0 Å². The average molecular weight is 184 g/mol. The molecule has 0 unspecified atom stereocenters. The van der Waals surface area contributed by atoms with E-state index in [0.717, 1.165) is 13.1 Å². The van der Waals surface area contributed by atoms with E-state index >= 15 is 0 Å². The molecule has 0 atom stereocenters. The fourth-order valence-electron chi connectivity index (χ4n) is 1.66. The fourth-order valence-corrected chi connectivity index (χ4v) is 1.66. The molecule has 0 aliphatic rings. The lowest BCUT2D eigenvalue weighted by molar-refractivity contribution is 0.713. The number of hydrogen-bond donors (Lipinski definition) is 0. The summed E-state index contributed by atoms with van der Waals surface area (Å²) < 4.78 is 0. The maximum absolute atomic E-state index is 4.39. The lowest BCUT2D eigenvalue weighted by atomic mass is 10.0. The maximum atomic E-state index is 4.39. The van der Waals surface area contributed by atoms with Crippen molar-refractivity contribution in [1.29, 1.82) is 0 Å². The van der Waals surface area contributed by atoms with E-state index in [9.17, 15) is 0 Å². The van der Waals surface area contributed by atoms with Gasteiger partial charge in [0, 0.05) is 13.1 Å². The Morgan fingerprint density at radius 3 is 2.64 bits per heavy atom. The van der Waals surface area contributed by atoms with E-state index in [1.807, 2.05) is 0 Å². The van der Waals surface area contributed by atoms with E-state index in [2.05, 4.69) is 54.7 Å². The van der Waals surface area contributed by atoms with Gasteiger partial charge in [0.1, 0.15) is 0 Å². The van der Waals surface area contributed by atoms with Crippen molar-refractivity contribution in [3.8, 4) is 0 Å². The summed E-state index contributed by atoms with van der Waals surface area (Å²) >= 11 is 0. The first-order chi connectivity index (χ1) is 6.92. The van der Waals surface area contributed by atoms with Crippen LogP contribution in [0.25, 0.3) is 10.8 Å². The minimum atomic E-state index is 0.831. The number of benzene rings is 2. The second-order valence-corrected chi connectivity index (χ2v) is 3.34. The maximum Gasteiger partial charge on any atom is 0.0390 e. The molecule has 2 rings (SSSR count). The summed E-state index contributed by atoms with van der Waals surface area (Å²) in [7, 11) is 0. The SMILES string of the molecule is CC[N]Cc1cccc2ccccc12. The Morgan fingerprint density at radius 1 is 1.00 bits per heavy atom. The van der Waals surface area contributed by atoms with Crippen molar-refractivity contribution in [2.45, 2.75) is 13.5 Å². The van der Waals surface area contributed by atoms with E-state index in [0.29, 0.717) is 0 Å². The van der Waals surface area contributed by atoms with E-state index in [-0.39, 0.29) is 0 Å². The predicted molar refractivity (Wildman–Crippen MR) is 60.3 cm³/mol. The van der Waals surface area contributed by atoms with E-state index < -0.39 is 0 Å². The van der Waals surface area contributed by atoms with Gasteiger partial charge in [0.25, 0.3) is 0 Å². The molecule has 1 heteroatoms. The van der Waals surface area contributed by atoms with E-state index in [1.54, 1.807) is 0 Å². The van der Waals surface area contributed by atoms with Crippen LogP contribution in [0.4, 0.5) is 0 Å². The fraction of sp³-hybridized carbons (Fsp3) is 0.231. The molecule has 1 radical (unpaired) electrons. The van der Waals surface area contributed by atoms with Crippen LogP contribution in [0.5, 0.6) is 0 Å². The molecule has 0 aliphatic heterocycles. The number of fused-ring (bicyclic) bond motifs is 1. The first-order valence-electron chi connectivity index (χ1n) is 5.01. The molecule has 0 bridgehead atoms. The minimum absolute atomic E-state index is 0.831. The van der Waals surface area contributed by atoms with Gasteiger partial charge in [-0.25, -0.2) is 5.32 Å². The minimum Gasteiger partial charge on any atom is -0.237 e. The Hall–Kier alpha value is -1.34. The van der Waals surface area contributed by atoms with Crippen molar-refractivity contribution in [1.82, 2.24) is 5.32 Å². The summed E-state index contributed by atoms with van der Waals surface area (Å²) in [5.41, 5.74) is 1.32. The second-order valence-electron chi connectivity index (χ2n) is 3.34. The molecule has 2 aromatic rings. The van der Waals surface area contributed by atoms with Gasteiger partial charge in [-0.15, -0.1) is 0 Å². The van der Waals surface area contributed by atoms with Crippen molar-refractivity contribution < 1.29 is 0 Å². The van der Waals surface area contributed by atoms with Gasteiger partial charge in [-0.1, -0.05) is 49.4 Å². The third-order valence-electron chi connectivity index (χ3n) is 2.39. The molecular weight excluding hydrogens is 170 g/mol. The molecule has 0 heterocycles. The van der Waals surface area contributed by atoms with E-state index in [4.69, 9.17) is 0 Å². The van der Waals surface area contributed by atoms with Gasteiger partial charge in [0.2, 0.25) is 0 Å². The van der Waals surface area contributed by atoms with Gasteiger partial charge in [-0.05, 0) is 16.3 Å². The molecule has 71 valence electrons. The van der Waals surface area contributed by atoms with Crippen molar-refractivity contribution in [2.75, 3.05) is 6.54 Å². The van der Waals surface area contributed by atoms with Crippen molar-refractivity contribution in [3.05, 3.63) is 48.0 Å². The smallest absolute Gasteiger partial charge is 0.0390 e. The van der Waals surface area contributed by atoms with Crippen LogP contribution in [-0.4, -0.2) is 6.54 Å². The molecule has 0 saturated heterocycles. The van der Waals surface area contributed by atoms with Crippen LogP contribution in [0.3, 0.4) is 0 Å². The standard InChI is InChI=1S/C13H14N/c1-2-14-10-12-8-5-7-11-6-3-4-9-13(11)12/h3-9H,2,10H2,1H3. The highest BCUT2D eigenvalue weighted by atomic mass is 14.8. The molecule has 0 aromatic heterocycles. The molecule has 0 N–H and O–H groups in total. The molecule has 0 fully saturated rings. The van der Waals surface area contributed by atoms with Crippen LogP contribution >= 0.6 is 0 Å². The molecule has 0 aliphatic carbocycles. The Bertz CT molecular complexity index is 415. The van der Waals surface area contributed by atoms with Gasteiger partial charge >= 0.3 is 0 Å². The first-order valence-corrected chi connectivity index (χ1v) is 5.01. The summed E-state index contributed by atoms with van der Waals surface area (Å²) in [5, 5.41) is 7.02. The van der Waals surface area contributed by atoms with Gasteiger partial charge < -0.3 is 0 Å². The monoisotopic (exact) mass is 184 g/mol. The van der Waals surface area contributed by atoms with Crippen LogP contribution in [0, 0.1) is 0 Å². The number of rotatable bonds is 3. The van der Waals surface area contributed by atoms with Crippen LogP contribution < -0.4 is 5.32 Å². The Labute approximate surface area is 84.8 Å². The molecule has 1 nitrogen and oxygen atoms in total. The van der Waals surface area contributed by atoms with Crippen molar-refractivity contribution >= 4 is 10.8 Å². The average Bonchev–Trinajstić information content (AvgIpc) is 2.26. The molecule has 2 aromatic carbocycles. The first kappa shape index (κ1) is 9.22. The summed E-state index contributed by atoms with van der Waals surface area (Å²) in [4.78, 5) is 0. The number of hydrogen-bond acceptors (Lipinski definition) is 0. The topological polar surface area (TPSA) is 14.1 Å². The predicted octanol–water partition coefficient (Wildman–Crippen LogP) is 2.96. The molecule has 0 saturated carbocycles. The third-order valence-corrected chi connectivity index (χ3v) is 2.39. The second kappa shape index (κ2) is 4.25. The Kier molecular flexibility index (Phi) is 2.80. The van der Waals surface area contributed by atoms with Crippen LogP contribution in [0.15, 0.2) is 42.5 Å². The highest BCUT2D eigenvalue weighted by Gasteiger charge is 1.98.